The number of rotatable bonds is 1. The van der Waals surface area contributed by atoms with E-state index in [0.29, 0.717) is 5.02 Å². The summed E-state index contributed by atoms with van der Waals surface area (Å²) in [6.45, 7) is 0. The molecule has 0 atom stereocenters. The Morgan fingerprint density at radius 1 is 1.46 bits per heavy atom. The highest BCUT2D eigenvalue weighted by molar-refractivity contribution is 6.36. The van der Waals surface area contributed by atoms with Gasteiger partial charge in [0.1, 0.15) is 0 Å². The zero-order valence-electron chi connectivity index (χ0n) is 6.20. The quantitative estimate of drug-likeness (QED) is 0.397. The summed E-state index contributed by atoms with van der Waals surface area (Å²) in [5.74, 6) is 0. The average Bonchev–Trinajstić information content (AvgIpc) is 2.09. The molecule has 0 N–H and O–H groups in total. The van der Waals surface area contributed by atoms with Crippen LogP contribution in [-0.4, -0.2) is 0 Å². The van der Waals surface area contributed by atoms with E-state index in [1.165, 1.54) is 12.1 Å². The third kappa shape index (κ3) is 2.04. The first-order valence-corrected chi connectivity index (χ1v) is 3.89. The first kappa shape index (κ1) is 9.69. The minimum atomic E-state index is 0.107. The second-order valence-corrected chi connectivity index (χ2v) is 2.93. The number of nitriles is 1. The smallest absolute Gasteiger partial charge is 0.0997 e. The maximum atomic E-state index is 8.64. The Morgan fingerprint density at radius 3 is 2.69 bits per heavy atom. The van der Waals surface area contributed by atoms with Crippen LogP contribution in [0.2, 0.25) is 10.0 Å². The molecule has 0 fully saturated rings. The van der Waals surface area contributed by atoms with Crippen LogP contribution in [0.25, 0.3) is 10.4 Å². The second kappa shape index (κ2) is 4.01. The highest BCUT2D eigenvalue weighted by atomic mass is 35.5. The SMILES string of the molecule is N#Cc1cc(Cl)cc(Cl)c1N=[N+]=[N-]. The van der Waals surface area contributed by atoms with E-state index in [1.54, 1.807) is 0 Å². The standard InChI is InChI=1S/C7H2Cl2N4/c8-5-1-4(3-10)7(12-13-11)6(9)2-5/h1-2H. The molecule has 1 aromatic carbocycles. The first-order valence-electron chi connectivity index (χ1n) is 3.13. The Labute approximate surface area is 83.9 Å². The zero-order chi connectivity index (χ0) is 9.84. The van der Waals surface area contributed by atoms with Crippen molar-refractivity contribution in [2.75, 3.05) is 0 Å². The summed E-state index contributed by atoms with van der Waals surface area (Å²) in [6.07, 6.45) is 0. The number of azide groups is 1. The van der Waals surface area contributed by atoms with Gasteiger partial charge in [0.25, 0.3) is 0 Å². The maximum absolute atomic E-state index is 8.64. The predicted octanol–water partition coefficient (Wildman–Crippen LogP) is 3.81. The van der Waals surface area contributed by atoms with Gasteiger partial charge in [-0.15, -0.1) is 0 Å². The number of benzene rings is 1. The lowest BCUT2D eigenvalue weighted by Crippen LogP contribution is -1.77. The van der Waals surface area contributed by atoms with Crippen molar-refractivity contribution in [3.63, 3.8) is 0 Å². The Balaban J connectivity index is 3.49. The largest absolute Gasteiger partial charge is 0.192 e. The van der Waals surface area contributed by atoms with Gasteiger partial charge in [-0.05, 0) is 17.7 Å². The third-order valence-corrected chi connectivity index (χ3v) is 1.80. The minimum absolute atomic E-state index is 0.107. The Hall–Kier alpha value is -1.40. The molecule has 0 bridgehead atoms. The molecule has 0 aromatic heterocycles. The van der Waals surface area contributed by atoms with Crippen LogP contribution in [0, 0.1) is 11.3 Å². The summed E-state index contributed by atoms with van der Waals surface area (Å²) in [7, 11) is 0. The minimum Gasteiger partial charge on any atom is -0.192 e. The molecule has 0 spiro atoms. The van der Waals surface area contributed by atoms with Gasteiger partial charge < -0.3 is 0 Å². The molecule has 0 unspecified atom stereocenters. The lowest BCUT2D eigenvalue weighted by atomic mass is 10.2. The van der Waals surface area contributed by atoms with Crippen molar-refractivity contribution in [3.8, 4) is 6.07 Å². The molecule has 0 aliphatic carbocycles. The molecule has 1 rings (SSSR count). The molecule has 4 nitrogen and oxygen atoms in total. The Kier molecular flexibility index (Phi) is 2.99. The topological polar surface area (TPSA) is 72.5 Å². The van der Waals surface area contributed by atoms with Gasteiger partial charge in [-0.25, -0.2) is 0 Å². The number of halogens is 2. The van der Waals surface area contributed by atoms with Crippen molar-refractivity contribution >= 4 is 28.9 Å². The van der Waals surface area contributed by atoms with Crippen molar-refractivity contribution in [1.82, 2.24) is 0 Å². The fraction of sp³-hybridized carbons (Fsp3) is 0. The van der Waals surface area contributed by atoms with Gasteiger partial charge in [0, 0.05) is 9.93 Å². The summed E-state index contributed by atoms with van der Waals surface area (Å²) in [6, 6.07) is 4.63. The summed E-state index contributed by atoms with van der Waals surface area (Å²) >= 11 is 11.3. The van der Waals surface area contributed by atoms with E-state index < -0.39 is 0 Å². The molecule has 0 aliphatic rings. The molecule has 1 aromatic rings. The lowest BCUT2D eigenvalue weighted by molar-refractivity contribution is 1.42. The fourth-order valence-corrected chi connectivity index (χ4v) is 1.33. The summed E-state index contributed by atoms with van der Waals surface area (Å²) in [5.41, 5.74) is 8.46. The van der Waals surface area contributed by atoms with Gasteiger partial charge in [-0.2, -0.15) is 5.26 Å². The van der Waals surface area contributed by atoms with Gasteiger partial charge in [0.05, 0.1) is 22.3 Å². The monoisotopic (exact) mass is 212 g/mol. The van der Waals surface area contributed by atoms with E-state index in [4.69, 9.17) is 34.0 Å². The third-order valence-electron chi connectivity index (χ3n) is 1.29. The lowest BCUT2D eigenvalue weighted by Gasteiger charge is -1.99. The fourth-order valence-electron chi connectivity index (χ4n) is 0.798. The average molecular weight is 213 g/mol. The molecular formula is C7H2Cl2N4. The van der Waals surface area contributed by atoms with Gasteiger partial charge in [-0.3, -0.25) is 0 Å². The van der Waals surface area contributed by atoms with E-state index >= 15 is 0 Å². The van der Waals surface area contributed by atoms with Crippen LogP contribution in [0.4, 0.5) is 5.69 Å². The molecule has 64 valence electrons. The van der Waals surface area contributed by atoms with Crippen LogP contribution in [0.3, 0.4) is 0 Å². The highest BCUT2D eigenvalue weighted by Gasteiger charge is 2.06. The maximum Gasteiger partial charge on any atom is 0.0997 e. The van der Waals surface area contributed by atoms with Crippen LogP contribution in [0.15, 0.2) is 17.2 Å². The van der Waals surface area contributed by atoms with Gasteiger partial charge >= 0.3 is 0 Å². The van der Waals surface area contributed by atoms with Crippen molar-refractivity contribution in [3.05, 3.63) is 38.2 Å². The Morgan fingerprint density at radius 2 is 2.15 bits per heavy atom. The molecule has 0 heterocycles. The highest BCUT2D eigenvalue weighted by Crippen LogP contribution is 2.32. The van der Waals surface area contributed by atoms with E-state index in [0.717, 1.165) is 0 Å². The molecule has 0 saturated heterocycles. The van der Waals surface area contributed by atoms with E-state index in [2.05, 4.69) is 10.0 Å². The van der Waals surface area contributed by atoms with Crippen molar-refractivity contribution in [2.45, 2.75) is 0 Å². The van der Waals surface area contributed by atoms with Gasteiger partial charge in [0.15, 0.2) is 0 Å². The Bertz CT molecular complexity index is 429. The molecule has 0 radical (unpaired) electrons. The zero-order valence-corrected chi connectivity index (χ0v) is 7.71. The van der Waals surface area contributed by atoms with Crippen LogP contribution in [0.5, 0.6) is 0 Å². The van der Waals surface area contributed by atoms with Crippen molar-refractivity contribution in [2.24, 2.45) is 5.11 Å². The van der Waals surface area contributed by atoms with Crippen LogP contribution in [0.1, 0.15) is 5.56 Å². The molecule has 0 amide bonds. The molecule has 13 heavy (non-hydrogen) atoms. The van der Waals surface area contributed by atoms with Gasteiger partial charge in [-0.1, -0.05) is 28.3 Å². The number of nitrogens with zero attached hydrogens (tertiary/aromatic N) is 4. The number of hydrogen-bond donors (Lipinski definition) is 0. The van der Waals surface area contributed by atoms with Crippen LogP contribution in [-0.2, 0) is 0 Å². The van der Waals surface area contributed by atoms with Crippen LogP contribution >= 0.6 is 23.2 Å². The van der Waals surface area contributed by atoms with Crippen LogP contribution < -0.4 is 0 Å². The molecular weight excluding hydrogens is 211 g/mol. The molecule has 0 aliphatic heterocycles. The summed E-state index contributed by atoms with van der Waals surface area (Å²) < 4.78 is 0. The number of hydrogen-bond acceptors (Lipinski definition) is 2. The first-order chi connectivity index (χ1) is 6.19. The van der Waals surface area contributed by atoms with Crippen molar-refractivity contribution in [1.29, 1.82) is 5.26 Å². The van der Waals surface area contributed by atoms with E-state index in [-0.39, 0.29) is 16.3 Å². The van der Waals surface area contributed by atoms with E-state index in [9.17, 15) is 0 Å². The predicted molar refractivity (Wildman–Crippen MR) is 50.0 cm³/mol. The van der Waals surface area contributed by atoms with Crippen molar-refractivity contribution < 1.29 is 0 Å². The molecule has 0 saturated carbocycles. The summed E-state index contributed by atoms with van der Waals surface area (Å²) in [4.78, 5) is 2.55. The van der Waals surface area contributed by atoms with Gasteiger partial charge in [0.2, 0.25) is 0 Å². The molecule has 6 heteroatoms. The van der Waals surface area contributed by atoms with E-state index in [1.807, 2.05) is 6.07 Å². The normalized spacial score (nSPS) is 8.69. The summed E-state index contributed by atoms with van der Waals surface area (Å²) in [5, 5.41) is 12.4. The second-order valence-electron chi connectivity index (χ2n) is 2.09.